The van der Waals surface area contributed by atoms with E-state index in [0.29, 0.717) is 17.8 Å². The molecule has 1 aromatic heterocycles. The van der Waals surface area contributed by atoms with Crippen LogP contribution in [0.5, 0.6) is 0 Å². The minimum Gasteiger partial charge on any atom is -0.312 e. The van der Waals surface area contributed by atoms with E-state index in [9.17, 15) is 0 Å². The molecule has 2 aromatic rings. The zero-order valence-electron chi connectivity index (χ0n) is 13.6. The van der Waals surface area contributed by atoms with Crippen molar-refractivity contribution in [3.05, 3.63) is 42.1 Å². The molecule has 0 bridgehead atoms. The van der Waals surface area contributed by atoms with Crippen LogP contribution in [-0.2, 0) is 6.54 Å². The lowest BCUT2D eigenvalue weighted by atomic mass is 9.85. The van der Waals surface area contributed by atoms with Crippen LogP contribution in [0, 0.1) is 17.8 Å². The van der Waals surface area contributed by atoms with E-state index >= 15 is 0 Å². The van der Waals surface area contributed by atoms with Gasteiger partial charge in [-0.25, -0.2) is 0 Å². The fourth-order valence-corrected chi connectivity index (χ4v) is 2.91. The summed E-state index contributed by atoms with van der Waals surface area (Å²) in [5.41, 5.74) is 3.54. The van der Waals surface area contributed by atoms with Gasteiger partial charge in [0, 0.05) is 12.1 Å². The fraction of sp³-hybridized carbons (Fsp3) is 0.500. The monoisotopic (exact) mass is 285 g/mol. The first-order valence-corrected chi connectivity index (χ1v) is 7.88. The third-order valence-corrected chi connectivity index (χ3v) is 4.19. The summed E-state index contributed by atoms with van der Waals surface area (Å²) >= 11 is 0. The second kappa shape index (κ2) is 7.41. The number of H-pyrrole nitrogens is 1. The van der Waals surface area contributed by atoms with Gasteiger partial charge >= 0.3 is 0 Å². The average molecular weight is 285 g/mol. The van der Waals surface area contributed by atoms with Crippen molar-refractivity contribution in [2.24, 2.45) is 17.8 Å². The van der Waals surface area contributed by atoms with Crippen LogP contribution in [0.4, 0.5) is 0 Å². The average Bonchev–Trinajstić information content (AvgIpc) is 2.92. The van der Waals surface area contributed by atoms with Crippen LogP contribution in [0.3, 0.4) is 0 Å². The van der Waals surface area contributed by atoms with Crippen molar-refractivity contribution >= 4 is 0 Å². The summed E-state index contributed by atoms with van der Waals surface area (Å²) in [6.07, 6.45) is 1.93. The van der Waals surface area contributed by atoms with Gasteiger partial charge in [-0.05, 0) is 29.9 Å². The van der Waals surface area contributed by atoms with Gasteiger partial charge in [-0.3, -0.25) is 5.10 Å². The quantitative estimate of drug-likeness (QED) is 0.804. The second-order valence-electron chi connectivity index (χ2n) is 6.42. The van der Waals surface area contributed by atoms with Crippen molar-refractivity contribution in [1.82, 2.24) is 15.5 Å². The third-order valence-electron chi connectivity index (χ3n) is 4.19. The number of hydrogen-bond acceptors (Lipinski definition) is 2. The summed E-state index contributed by atoms with van der Waals surface area (Å²) in [5, 5.41) is 10.9. The van der Waals surface area contributed by atoms with E-state index in [2.05, 4.69) is 67.5 Å². The summed E-state index contributed by atoms with van der Waals surface area (Å²) in [4.78, 5) is 0. The molecule has 0 aliphatic rings. The van der Waals surface area contributed by atoms with E-state index in [1.54, 1.807) is 0 Å². The molecule has 0 saturated heterocycles. The molecule has 0 aliphatic carbocycles. The number of aromatic nitrogens is 2. The first kappa shape index (κ1) is 15.8. The minimum absolute atomic E-state index is 0.704. The van der Waals surface area contributed by atoms with Crippen LogP contribution in [0.25, 0.3) is 11.3 Å². The van der Waals surface area contributed by atoms with Crippen LogP contribution < -0.4 is 5.32 Å². The second-order valence-corrected chi connectivity index (χ2v) is 6.42. The molecule has 3 nitrogen and oxygen atoms in total. The summed E-state index contributed by atoms with van der Waals surface area (Å²) < 4.78 is 0. The molecule has 1 heterocycles. The van der Waals surface area contributed by atoms with Gasteiger partial charge in [0.05, 0.1) is 11.9 Å². The standard InChI is InChI=1S/C18H27N3/c1-13(2)17(14(3)4)12-19-10-16-11-20-21-18(16)15-8-6-5-7-9-15/h5-9,11,13-14,17,19H,10,12H2,1-4H3,(H,20,21). The molecule has 3 heteroatoms. The maximum absolute atomic E-state index is 4.20. The fourth-order valence-electron chi connectivity index (χ4n) is 2.91. The Hall–Kier alpha value is -1.61. The third kappa shape index (κ3) is 4.18. The maximum Gasteiger partial charge on any atom is 0.0695 e. The molecular formula is C18H27N3. The van der Waals surface area contributed by atoms with E-state index in [-0.39, 0.29) is 0 Å². The largest absolute Gasteiger partial charge is 0.312 e. The highest BCUT2D eigenvalue weighted by atomic mass is 15.1. The van der Waals surface area contributed by atoms with Gasteiger partial charge in [0.1, 0.15) is 0 Å². The van der Waals surface area contributed by atoms with Gasteiger partial charge in [-0.15, -0.1) is 0 Å². The molecule has 0 unspecified atom stereocenters. The van der Waals surface area contributed by atoms with Gasteiger partial charge in [0.15, 0.2) is 0 Å². The topological polar surface area (TPSA) is 40.7 Å². The Morgan fingerprint density at radius 3 is 2.33 bits per heavy atom. The summed E-state index contributed by atoms with van der Waals surface area (Å²) in [6.45, 7) is 11.1. The Kier molecular flexibility index (Phi) is 5.57. The zero-order valence-corrected chi connectivity index (χ0v) is 13.6. The molecule has 0 spiro atoms. The highest BCUT2D eigenvalue weighted by molar-refractivity contribution is 5.62. The molecule has 0 aliphatic heterocycles. The Balaban J connectivity index is 1.97. The molecule has 0 saturated carbocycles. The van der Waals surface area contributed by atoms with E-state index in [1.165, 1.54) is 11.1 Å². The molecular weight excluding hydrogens is 258 g/mol. The highest BCUT2D eigenvalue weighted by Crippen LogP contribution is 2.22. The van der Waals surface area contributed by atoms with Crippen LogP contribution in [0.1, 0.15) is 33.3 Å². The normalized spacial score (nSPS) is 11.8. The predicted octanol–water partition coefficient (Wildman–Crippen LogP) is 4.09. The van der Waals surface area contributed by atoms with Crippen LogP contribution >= 0.6 is 0 Å². The maximum atomic E-state index is 4.20. The number of rotatable bonds is 7. The van der Waals surface area contributed by atoms with Crippen LogP contribution in [0.15, 0.2) is 36.5 Å². The molecule has 0 fully saturated rings. The zero-order chi connectivity index (χ0) is 15.2. The van der Waals surface area contributed by atoms with Gasteiger partial charge in [-0.2, -0.15) is 5.10 Å². The first-order chi connectivity index (χ1) is 10.1. The number of nitrogens with one attached hydrogen (secondary N) is 2. The van der Waals surface area contributed by atoms with E-state index in [1.807, 2.05) is 12.3 Å². The Labute approximate surface area is 128 Å². The molecule has 0 amide bonds. The molecule has 1 aromatic carbocycles. The van der Waals surface area contributed by atoms with Gasteiger partial charge in [0.25, 0.3) is 0 Å². The lowest BCUT2D eigenvalue weighted by molar-refractivity contribution is 0.275. The highest BCUT2D eigenvalue weighted by Gasteiger charge is 2.17. The Bertz CT molecular complexity index is 520. The summed E-state index contributed by atoms with van der Waals surface area (Å²) in [6, 6.07) is 10.4. The van der Waals surface area contributed by atoms with Crippen molar-refractivity contribution in [3.8, 4) is 11.3 Å². The lowest BCUT2D eigenvalue weighted by Crippen LogP contribution is -2.29. The molecule has 2 rings (SSSR count). The Morgan fingerprint density at radius 2 is 1.71 bits per heavy atom. The SMILES string of the molecule is CC(C)C(CNCc1cn[nH]c1-c1ccccc1)C(C)C. The van der Waals surface area contributed by atoms with Crippen LogP contribution in [0.2, 0.25) is 0 Å². The van der Waals surface area contributed by atoms with Crippen molar-refractivity contribution in [1.29, 1.82) is 0 Å². The molecule has 21 heavy (non-hydrogen) atoms. The van der Waals surface area contributed by atoms with Crippen molar-refractivity contribution in [2.45, 2.75) is 34.2 Å². The van der Waals surface area contributed by atoms with Crippen molar-refractivity contribution in [3.63, 3.8) is 0 Å². The Morgan fingerprint density at radius 1 is 1.05 bits per heavy atom. The summed E-state index contributed by atoms with van der Waals surface area (Å²) in [5.74, 6) is 2.11. The predicted molar refractivity (Wildman–Crippen MR) is 88.9 cm³/mol. The molecule has 0 radical (unpaired) electrons. The van der Waals surface area contributed by atoms with Gasteiger partial charge in [0.2, 0.25) is 0 Å². The molecule has 114 valence electrons. The number of hydrogen-bond donors (Lipinski definition) is 2. The van der Waals surface area contributed by atoms with Gasteiger partial charge < -0.3 is 5.32 Å². The smallest absolute Gasteiger partial charge is 0.0695 e. The lowest BCUT2D eigenvalue weighted by Gasteiger charge is -2.25. The number of aromatic amines is 1. The van der Waals surface area contributed by atoms with Crippen LogP contribution in [-0.4, -0.2) is 16.7 Å². The number of nitrogens with zero attached hydrogens (tertiary/aromatic N) is 1. The van der Waals surface area contributed by atoms with Crippen molar-refractivity contribution in [2.75, 3.05) is 6.54 Å². The molecule has 2 N–H and O–H groups in total. The molecule has 0 atom stereocenters. The van der Waals surface area contributed by atoms with E-state index in [0.717, 1.165) is 18.8 Å². The minimum atomic E-state index is 0.704. The summed E-state index contributed by atoms with van der Waals surface area (Å²) in [7, 11) is 0. The van der Waals surface area contributed by atoms with E-state index < -0.39 is 0 Å². The first-order valence-electron chi connectivity index (χ1n) is 7.88. The van der Waals surface area contributed by atoms with E-state index in [4.69, 9.17) is 0 Å². The van der Waals surface area contributed by atoms with Gasteiger partial charge in [-0.1, -0.05) is 58.0 Å². The van der Waals surface area contributed by atoms with Crippen molar-refractivity contribution < 1.29 is 0 Å². The number of benzene rings is 1.